The number of aryl methyl sites for hydroxylation is 1. The van der Waals surface area contributed by atoms with E-state index in [1.54, 1.807) is 7.11 Å². The molecule has 0 unspecified atom stereocenters. The molecule has 0 aliphatic carbocycles. The molecule has 3 heteroatoms. The van der Waals surface area contributed by atoms with Gasteiger partial charge in [-0.2, -0.15) is 0 Å². The van der Waals surface area contributed by atoms with E-state index in [9.17, 15) is 0 Å². The summed E-state index contributed by atoms with van der Waals surface area (Å²) in [7, 11) is 1.69. The first kappa shape index (κ1) is 22.4. The molecule has 3 aromatic rings. The van der Waals surface area contributed by atoms with Crippen LogP contribution in [0.25, 0.3) is 22.4 Å². The zero-order valence-corrected chi connectivity index (χ0v) is 20.1. The largest absolute Gasteiger partial charge is 0.496 e. The van der Waals surface area contributed by atoms with Crippen molar-refractivity contribution in [3.8, 4) is 28.1 Å². The molecule has 0 saturated carbocycles. The van der Waals surface area contributed by atoms with Crippen molar-refractivity contribution < 1.29 is 4.74 Å². The van der Waals surface area contributed by atoms with Crippen LogP contribution in [0.5, 0.6) is 5.75 Å². The lowest BCUT2D eigenvalue weighted by Gasteiger charge is -2.26. The molecule has 1 heterocycles. The summed E-state index contributed by atoms with van der Waals surface area (Å²) in [6, 6.07) is 17.0. The van der Waals surface area contributed by atoms with E-state index in [-0.39, 0.29) is 10.8 Å². The van der Waals surface area contributed by atoms with Crippen LogP contribution >= 0.6 is 11.6 Å². The Morgan fingerprint density at radius 1 is 0.800 bits per heavy atom. The third-order valence-corrected chi connectivity index (χ3v) is 5.68. The maximum Gasteiger partial charge on any atom is 0.131 e. The molecule has 0 saturated heterocycles. The second kappa shape index (κ2) is 8.07. The molecular formula is C27H32ClNO. The molecule has 0 N–H and O–H groups in total. The maximum atomic E-state index is 6.49. The van der Waals surface area contributed by atoms with Crippen LogP contribution in [0.1, 0.15) is 58.2 Å². The fraction of sp³-hybridized carbons (Fsp3) is 0.370. The topological polar surface area (TPSA) is 22.1 Å². The first-order chi connectivity index (χ1) is 13.9. The Kier molecular flexibility index (Phi) is 6.02. The summed E-state index contributed by atoms with van der Waals surface area (Å²) in [6.07, 6.45) is 0. The van der Waals surface area contributed by atoms with Gasteiger partial charge >= 0.3 is 0 Å². The fourth-order valence-corrected chi connectivity index (χ4v) is 3.80. The Morgan fingerprint density at radius 2 is 1.37 bits per heavy atom. The normalized spacial score (nSPS) is 12.2. The quantitative estimate of drug-likeness (QED) is 0.400. The molecule has 0 radical (unpaired) electrons. The third kappa shape index (κ3) is 4.70. The molecule has 0 amide bonds. The van der Waals surface area contributed by atoms with Crippen molar-refractivity contribution in [2.45, 2.75) is 59.3 Å². The predicted octanol–water partition coefficient (Wildman–Crippen LogP) is 7.98. The number of pyridine rings is 1. The van der Waals surface area contributed by atoms with E-state index in [0.717, 1.165) is 33.7 Å². The monoisotopic (exact) mass is 421 g/mol. The lowest BCUT2D eigenvalue weighted by molar-refractivity contribution is 0.413. The first-order valence-electron chi connectivity index (χ1n) is 10.4. The van der Waals surface area contributed by atoms with E-state index < -0.39 is 0 Å². The summed E-state index contributed by atoms with van der Waals surface area (Å²) >= 11 is 6.49. The van der Waals surface area contributed by atoms with Crippen LogP contribution in [-0.2, 0) is 10.8 Å². The summed E-state index contributed by atoms with van der Waals surface area (Å²) < 4.78 is 5.66. The van der Waals surface area contributed by atoms with Gasteiger partial charge in [0.25, 0.3) is 0 Å². The summed E-state index contributed by atoms with van der Waals surface area (Å²) in [4.78, 5) is 4.61. The van der Waals surface area contributed by atoms with E-state index in [1.807, 2.05) is 31.2 Å². The highest BCUT2D eigenvalue weighted by atomic mass is 35.5. The van der Waals surface area contributed by atoms with Crippen LogP contribution in [0, 0.1) is 6.92 Å². The Balaban J connectivity index is 2.24. The molecule has 3 rings (SSSR count). The van der Waals surface area contributed by atoms with Crippen LogP contribution in [0.15, 0.2) is 48.5 Å². The van der Waals surface area contributed by atoms with Gasteiger partial charge in [-0.25, -0.2) is 4.98 Å². The lowest BCUT2D eigenvalue weighted by Crippen LogP contribution is -2.16. The van der Waals surface area contributed by atoms with Gasteiger partial charge in [0.15, 0.2) is 0 Å². The average Bonchev–Trinajstić information content (AvgIpc) is 2.65. The van der Waals surface area contributed by atoms with Crippen molar-refractivity contribution in [3.05, 3.63) is 70.4 Å². The number of benzene rings is 2. The average molecular weight is 422 g/mol. The minimum absolute atomic E-state index is 0.0510. The molecule has 0 atom stereocenters. The number of hydrogen-bond donors (Lipinski definition) is 0. The second-order valence-electron chi connectivity index (χ2n) is 10.0. The van der Waals surface area contributed by atoms with E-state index >= 15 is 0 Å². The van der Waals surface area contributed by atoms with Crippen molar-refractivity contribution in [2.75, 3.05) is 7.11 Å². The highest BCUT2D eigenvalue weighted by Crippen LogP contribution is 2.37. The Bertz CT molecular complexity index is 1040. The molecule has 1 aromatic heterocycles. The molecule has 158 valence electrons. The van der Waals surface area contributed by atoms with Gasteiger partial charge in [-0.15, -0.1) is 0 Å². The number of nitrogens with zero attached hydrogens (tertiary/aromatic N) is 1. The van der Waals surface area contributed by atoms with Gasteiger partial charge < -0.3 is 4.74 Å². The molecule has 0 fully saturated rings. The van der Waals surface area contributed by atoms with E-state index in [1.165, 1.54) is 11.1 Å². The highest BCUT2D eigenvalue weighted by molar-refractivity contribution is 6.29. The molecule has 2 aromatic carbocycles. The number of methoxy groups -OCH3 is 1. The van der Waals surface area contributed by atoms with Gasteiger partial charge in [-0.3, -0.25) is 0 Å². The predicted molar refractivity (Wildman–Crippen MR) is 129 cm³/mol. The van der Waals surface area contributed by atoms with Crippen molar-refractivity contribution in [1.82, 2.24) is 4.98 Å². The molecule has 0 aliphatic rings. The van der Waals surface area contributed by atoms with Gasteiger partial charge in [0.2, 0.25) is 0 Å². The summed E-state index contributed by atoms with van der Waals surface area (Å²) in [5.41, 5.74) is 7.78. The third-order valence-electron chi connectivity index (χ3n) is 5.48. The Morgan fingerprint density at radius 3 is 1.90 bits per heavy atom. The van der Waals surface area contributed by atoms with Crippen LogP contribution in [0.4, 0.5) is 0 Å². The minimum atomic E-state index is 0.0510. The van der Waals surface area contributed by atoms with Crippen LogP contribution in [0.3, 0.4) is 0 Å². The number of para-hydroxylation sites is 1. The SMILES string of the molecule is COc1c(C)cccc1-c1cc(-c2cc(C(C)(C)C)cc(C(C)(C)C)c2)cc(Cl)n1. The Labute approximate surface area is 186 Å². The fourth-order valence-electron chi connectivity index (χ4n) is 3.59. The summed E-state index contributed by atoms with van der Waals surface area (Å²) in [6.45, 7) is 15.5. The molecule has 0 aliphatic heterocycles. The van der Waals surface area contributed by atoms with Gasteiger partial charge in [-0.05, 0) is 63.8 Å². The molecule has 0 bridgehead atoms. The number of aromatic nitrogens is 1. The van der Waals surface area contributed by atoms with Crippen molar-refractivity contribution in [3.63, 3.8) is 0 Å². The lowest BCUT2D eigenvalue weighted by atomic mass is 9.79. The maximum absolute atomic E-state index is 6.49. The van der Waals surface area contributed by atoms with Crippen LogP contribution < -0.4 is 4.74 Å². The molecule has 0 spiro atoms. The van der Waals surface area contributed by atoms with E-state index in [4.69, 9.17) is 16.3 Å². The zero-order chi connectivity index (χ0) is 22.3. The number of hydrogen-bond acceptors (Lipinski definition) is 2. The van der Waals surface area contributed by atoms with Gasteiger partial charge in [0, 0.05) is 5.56 Å². The number of rotatable bonds is 3. The van der Waals surface area contributed by atoms with Crippen LogP contribution in [-0.4, -0.2) is 12.1 Å². The van der Waals surface area contributed by atoms with E-state index in [2.05, 4.69) is 70.8 Å². The zero-order valence-electron chi connectivity index (χ0n) is 19.4. The standard InChI is InChI=1S/C27H32ClNO/c1-17-10-9-11-22(25(17)30-8)23-14-19(15-24(28)29-23)18-12-20(26(2,3)4)16-21(13-18)27(5,6)7/h9-16H,1-8H3. The summed E-state index contributed by atoms with van der Waals surface area (Å²) in [5.74, 6) is 0.831. The van der Waals surface area contributed by atoms with Gasteiger partial charge in [-0.1, -0.05) is 83.5 Å². The van der Waals surface area contributed by atoms with Crippen molar-refractivity contribution in [1.29, 1.82) is 0 Å². The minimum Gasteiger partial charge on any atom is -0.496 e. The number of halogens is 1. The summed E-state index contributed by atoms with van der Waals surface area (Å²) in [5, 5.41) is 0.476. The van der Waals surface area contributed by atoms with Crippen molar-refractivity contribution in [2.24, 2.45) is 0 Å². The molecular weight excluding hydrogens is 390 g/mol. The highest BCUT2D eigenvalue weighted by Gasteiger charge is 2.21. The second-order valence-corrected chi connectivity index (χ2v) is 10.4. The molecule has 2 nitrogen and oxygen atoms in total. The smallest absolute Gasteiger partial charge is 0.131 e. The van der Waals surface area contributed by atoms with Crippen LogP contribution in [0.2, 0.25) is 5.15 Å². The Hall–Kier alpha value is -2.32. The van der Waals surface area contributed by atoms with Gasteiger partial charge in [0.05, 0.1) is 12.8 Å². The van der Waals surface area contributed by atoms with Crippen molar-refractivity contribution >= 4 is 11.6 Å². The number of ether oxygens (including phenoxy) is 1. The van der Waals surface area contributed by atoms with E-state index in [0.29, 0.717) is 5.15 Å². The van der Waals surface area contributed by atoms with Gasteiger partial charge in [0.1, 0.15) is 10.9 Å². The molecule has 30 heavy (non-hydrogen) atoms. The first-order valence-corrected chi connectivity index (χ1v) is 10.8.